The molecule has 2 aliphatic rings. The fourth-order valence-corrected chi connectivity index (χ4v) is 5.34. The van der Waals surface area contributed by atoms with Gasteiger partial charge in [-0.3, -0.25) is 34.2 Å². The average Bonchev–Trinajstić information content (AvgIpc) is 2.86. The van der Waals surface area contributed by atoms with Gasteiger partial charge in [-0.2, -0.15) is 0 Å². The summed E-state index contributed by atoms with van der Waals surface area (Å²) in [5.41, 5.74) is 1.72. The predicted molar refractivity (Wildman–Crippen MR) is 129 cm³/mol. The lowest BCUT2D eigenvalue weighted by Gasteiger charge is -2.49. The Labute approximate surface area is 211 Å². The Morgan fingerprint density at radius 2 is 1.78 bits per heavy atom. The van der Waals surface area contributed by atoms with Crippen LogP contribution in [0.4, 0.5) is 0 Å². The van der Waals surface area contributed by atoms with E-state index in [1.54, 1.807) is 12.4 Å². The summed E-state index contributed by atoms with van der Waals surface area (Å²) in [7, 11) is 0. The number of aliphatic carboxylic acids is 1. The molecule has 0 aliphatic carbocycles. The highest BCUT2D eigenvalue weighted by Gasteiger charge is 2.54. The van der Waals surface area contributed by atoms with Crippen molar-refractivity contribution in [2.75, 3.05) is 18.9 Å². The zero-order valence-corrected chi connectivity index (χ0v) is 20.3. The van der Waals surface area contributed by atoms with Crippen LogP contribution in [0.3, 0.4) is 0 Å². The summed E-state index contributed by atoms with van der Waals surface area (Å²) < 4.78 is 4.94. The summed E-state index contributed by atoms with van der Waals surface area (Å²) in [5, 5.41) is 11.9. The van der Waals surface area contributed by atoms with Gasteiger partial charge in [0.1, 0.15) is 23.7 Å². The monoisotopic (exact) mass is 511 g/mol. The minimum Gasteiger partial charge on any atom is -0.477 e. The topological polar surface area (TPSA) is 142 Å². The summed E-state index contributed by atoms with van der Waals surface area (Å²) in [5.74, 6) is -2.44. The molecular weight excluding hydrogens is 486 g/mol. The van der Waals surface area contributed by atoms with Crippen LogP contribution in [-0.4, -0.2) is 78.9 Å². The lowest BCUT2D eigenvalue weighted by atomic mass is 10.0. The first-order valence-corrected chi connectivity index (χ1v) is 12.2. The summed E-state index contributed by atoms with van der Waals surface area (Å²) in [6, 6.07) is 10.2. The zero-order valence-electron chi connectivity index (χ0n) is 19.5. The number of ether oxygens (including phenoxy) is 1. The fourth-order valence-electron chi connectivity index (χ4n) is 4.01. The molecule has 2 amide bonds. The van der Waals surface area contributed by atoms with Crippen molar-refractivity contribution >= 4 is 35.5 Å². The van der Waals surface area contributed by atoms with E-state index in [1.165, 1.54) is 18.7 Å². The number of aromatic nitrogens is 2. The van der Waals surface area contributed by atoms with E-state index < -0.39 is 29.3 Å². The van der Waals surface area contributed by atoms with Gasteiger partial charge in [-0.05, 0) is 24.3 Å². The van der Waals surface area contributed by atoms with E-state index in [9.17, 15) is 24.3 Å². The molecule has 2 aliphatic heterocycles. The first-order valence-electron chi connectivity index (χ1n) is 11.2. The number of nitrogens with zero attached hydrogens (tertiary/aromatic N) is 4. The van der Waals surface area contributed by atoms with Crippen LogP contribution in [0.1, 0.15) is 18.3 Å². The molecule has 0 aromatic carbocycles. The Morgan fingerprint density at radius 1 is 1.14 bits per heavy atom. The molecule has 0 saturated carbocycles. The molecule has 2 aromatic rings. The number of β-lactam (4-membered cyclic amide) rings is 1. The van der Waals surface area contributed by atoms with Crippen LogP contribution in [0.25, 0.3) is 0 Å². The Bertz CT molecular complexity index is 1130. The van der Waals surface area contributed by atoms with Gasteiger partial charge < -0.3 is 15.2 Å². The molecule has 2 N–H and O–H groups in total. The number of hydrogen-bond donors (Lipinski definition) is 2. The van der Waals surface area contributed by atoms with E-state index in [-0.39, 0.29) is 30.5 Å². The van der Waals surface area contributed by atoms with Gasteiger partial charge in [0, 0.05) is 43.7 Å². The van der Waals surface area contributed by atoms with Crippen LogP contribution in [-0.2, 0) is 37.0 Å². The third-order valence-corrected chi connectivity index (χ3v) is 6.95. The van der Waals surface area contributed by atoms with E-state index in [4.69, 9.17) is 4.74 Å². The van der Waals surface area contributed by atoms with Crippen LogP contribution >= 0.6 is 11.8 Å². The van der Waals surface area contributed by atoms with Gasteiger partial charge in [0.05, 0.1) is 17.9 Å². The first-order chi connectivity index (χ1) is 17.3. The molecule has 2 aromatic heterocycles. The number of thioether (sulfide) groups is 1. The maximum Gasteiger partial charge on any atom is 0.352 e. The highest BCUT2D eigenvalue weighted by atomic mass is 32.2. The Hall–Kier alpha value is -3.77. The van der Waals surface area contributed by atoms with Crippen molar-refractivity contribution in [3.05, 3.63) is 71.4 Å². The number of pyridine rings is 2. The standard InChI is InChI=1S/C24H25N5O6S/c1-15(30)35-13-16-14-36-23-20(22(32)29(23)21(16)24(33)34)27-19(31)12-28(10-17-6-2-4-8-25-17)11-18-7-3-5-9-26-18/h2-9,20,23H,10-14H2,1H3,(H,27,31)(H,33,34)/t20-,23+/m1/s1. The van der Waals surface area contributed by atoms with Crippen molar-refractivity contribution in [2.45, 2.75) is 31.4 Å². The average molecular weight is 512 g/mol. The Balaban J connectivity index is 1.42. The molecule has 1 saturated heterocycles. The molecule has 0 unspecified atom stereocenters. The van der Waals surface area contributed by atoms with Crippen molar-refractivity contribution in [1.82, 2.24) is 25.1 Å². The molecule has 11 nitrogen and oxygen atoms in total. The number of amides is 2. The SMILES string of the molecule is CC(=O)OCC1=C(C(=O)O)N2C(=O)[C@@H](NC(=O)CN(Cc3ccccn3)Cc3ccccn3)[C@@H]2SC1. The molecule has 0 bridgehead atoms. The van der Waals surface area contributed by atoms with Gasteiger partial charge in [-0.15, -0.1) is 11.8 Å². The second-order valence-electron chi connectivity index (χ2n) is 8.28. The molecule has 188 valence electrons. The van der Waals surface area contributed by atoms with Crippen LogP contribution in [0.15, 0.2) is 60.1 Å². The Morgan fingerprint density at radius 3 is 2.31 bits per heavy atom. The number of carbonyl (C=O) groups excluding carboxylic acids is 3. The predicted octanol–water partition coefficient (Wildman–Crippen LogP) is 0.781. The highest BCUT2D eigenvalue weighted by molar-refractivity contribution is 8.00. The van der Waals surface area contributed by atoms with Crippen LogP contribution in [0.5, 0.6) is 0 Å². The second-order valence-corrected chi connectivity index (χ2v) is 9.38. The van der Waals surface area contributed by atoms with E-state index in [0.29, 0.717) is 18.7 Å². The number of rotatable bonds is 10. The molecule has 36 heavy (non-hydrogen) atoms. The minimum atomic E-state index is -1.28. The van der Waals surface area contributed by atoms with Gasteiger partial charge in [0.25, 0.3) is 5.91 Å². The molecule has 4 heterocycles. The largest absolute Gasteiger partial charge is 0.477 e. The maximum absolute atomic E-state index is 13.0. The number of esters is 1. The number of fused-ring (bicyclic) bond motifs is 1. The van der Waals surface area contributed by atoms with Crippen molar-refractivity contribution < 1.29 is 29.0 Å². The highest BCUT2D eigenvalue weighted by Crippen LogP contribution is 2.40. The second kappa shape index (κ2) is 11.3. The lowest BCUT2D eigenvalue weighted by molar-refractivity contribution is -0.151. The fraction of sp³-hybridized carbons (Fsp3) is 0.333. The summed E-state index contributed by atoms with van der Waals surface area (Å²) >= 11 is 1.32. The number of carbonyl (C=O) groups is 4. The number of nitrogens with one attached hydrogen (secondary N) is 1. The van der Waals surface area contributed by atoms with Crippen LogP contribution < -0.4 is 5.32 Å². The third kappa shape index (κ3) is 5.89. The van der Waals surface area contributed by atoms with Crippen molar-refractivity contribution in [1.29, 1.82) is 0 Å². The summed E-state index contributed by atoms with van der Waals surface area (Å²) in [6.07, 6.45) is 3.36. The zero-order chi connectivity index (χ0) is 25.7. The van der Waals surface area contributed by atoms with E-state index in [2.05, 4.69) is 15.3 Å². The number of carboxylic acid groups (broad SMARTS) is 1. The van der Waals surface area contributed by atoms with E-state index in [0.717, 1.165) is 16.3 Å². The molecule has 0 radical (unpaired) electrons. The molecular formula is C24H25N5O6S. The van der Waals surface area contributed by atoms with E-state index in [1.807, 2.05) is 41.3 Å². The van der Waals surface area contributed by atoms with Crippen molar-refractivity contribution in [3.8, 4) is 0 Å². The lowest BCUT2D eigenvalue weighted by Crippen LogP contribution is -2.71. The summed E-state index contributed by atoms with van der Waals surface area (Å²) in [4.78, 5) is 60.5. The first kappa shape index (κ1) is 25.3. The molecule has 0 spiro atoms. The Kier molecular flexibility index (Phi) is 7.96. The van der Waals surface area contributed by atoms with Crippen molar-refractivity contribution in [3.63, 3.8) is 0 Å². The van der Waals surface area contributed by atoms with Crippen LogP contribution in [0, 0.1) is 0 Å². The van der Waals surface area contributed by atoms with Gasteiger partial charge in [0.15, 0.2) is 0 Å². The van der Waals surface area contributed by atoms with Crippen molar-refractivity contribution in [2.24, 2.45) is 0 Å². The van der Waals surface area contributed by atoms with Crippen LogP contribution in [0.2, 0.25) is 0 Å². The minimum absolute atomic E-state index is 0.00631. The molecule has 1 fully saturated rings. The van der Waals surface area contributed by atoms with E-state index >= 15 is 0 Å². The van der Waals surface area contributed by atoms with Gasteiger partial charge in [0.2, 0.25) is 5.91 Å². The third-order valence-electron chi connectivity index (χ3n) is 5.61. The maximum atomic E-state index is 13.0. The smallest absolute Gasteiger partial charge is 0.352 e. The quantitative estimate of drug-likeness (QED) is 0.347. The number of hydrogen-bond acceptors (Lipinski definition) is 9. The van der Waals surface area contributed by atoms with Gasteiger partial charge in [-0.25, -0.2) is 4.79 Å². The molecule has 2 atom stereocenters. The van der Waals surface area contributed by atoms with Gasteiger partial charge in [-0.1, -0.05) is 12.1 Å². The summed E-state index contributed by atoms with van der Waals surface area (Å²) in [6.45, 7) is 1.82. The molecule has 12 heteroatoms. The normalized spacial score (nSPS) is 18.9. The molecule has 4 rings (SSSR count). The number of carboxylic acids is 1. The van der Waals surface area contributed by atoms with Gasteiger partial charge >= 0.3 is 11.9 Å².